The van der Waals surface area contributed by atoms with Gasteiger partial charge in [0.05, 0.1) is 19.8 Å². The van der Waals surface area contributed by atoms with Crippen LogP contribution in [0.2, 0.25) is 0 Å². The first-order valence-corrected chi connectivity index (χ1v) is 12.7. The maximum absolute atomic E-state index is 12.8. The summed E-state index contributed by atoms with van der Waals surface area (Å²) in [5.74, 6) is 0.763. The summed E-state index contributed by atoms with van der Waals surface area (Å²) in [4.78, 5) is 21.2. The summed E-state index contributed by atoms with van der Waals surface area (Å²) in [5.41, 5.74) is 2.29. The Balaban J connectivity index is 1.24. The van der Waals surface area contributed by atoms with Crippen molar-refractivity contribution in [3.8, 4) is 0 Å². The molecule has 10 heteroatoms. The number of ether oxygens (including phenoxy) is 1. The zero-order chi connectivity index (χ0) is 23.3. The Bertz CT molecular complexity index is 1030. The Morgan fingerprint density at radius 2 is 1.70 bits per heavy atom. The first-order valence-electron chi connectivity index (χ1n) is 11.3. The van der Waals surface area contributed by atoms with Gasteiger partial charge in [0.1, 0.15) is 10.7 Å². The molecule has 1 aromatic heterocycles. The molecule has 1 amide bonds. The van der Waals surface area contributed by atoms with Crippen molar-refractivity contribution in [2.45, 2.75) is 18.4 Å². The molecule has 2 aliphatic heterocycles. The van der Waals surface area contributed by atoms with E-state index in [1.165, 1.54) is 16.1 Å². The number of nitrogens with zero attached hydrogens (tertiary/aromatic N) is 4. The fraction of sp³-hybridized carbons (Fsp3) is 0.478. The van der Waals surface area contributed by atoms with Crippen molar-refractivity contribution < 1.29 is 17.9 Å². The molecule has 0 bridgehead atoms. The van der Waals surface area contributed by atoms with Gasteiger partial charge in [0.15, 0.2) is 0 Å². The molecule has 4 rings (SSSR count). The first kappa shape index (κ1) is 23.6. The van der Waals surface area contributed by atoms with Crippen molar-refractivity contribution in [1.82, 2.24) is 19.5 Å². The van der Waals surface area contributed by atoms with Crippen LogP contribution in [-0.2, 0) is 26.1 Å². The molecule has 2 aliphatic rings. The molecular formula is C23H31N5O4S. The summed E-state index contributed by atoms with van der Waals surface area (Å²) >= 11 is 0. The topological polar surface area (TPSA) is 95.1 Å². The van der Waals surface area contributed by atoms with Gasteiger partial charge in [0.2, 0.25) is 15.9 Å². The first-order chi connectivity index (χ1) is 15.9. The standard InChI is InChI=1S/C23H31N5O4S/c1-19-2-4-20(5-3-19)16-25-23(29)18-26-8-10-27(11-9-26)22-7-6-21(17-24-22)33(30,31)28-12-14-32-15-13-28/h2-7,17H,8-16,18H2,1H3,(H,25,29). The third-order valence-corrected chi connectivity index (χ3v) is 7.88. The highest BCUT2D eigenvalue weighted by Gasteiger charge is 2.27. The second-order valence-electron chi connectivity index (χ2n) is 8.39. The van der Waals surface area contributed by atoms with Crippen LogP contribution in [0.15, 0.2) is 47.5 Å². The van der Waals surface area contributed by atoms with E-state index in [4.69, 9.17) is 4.74 Å². The van der Waals surface area contributed by atoms with E-state index in [2.05, 4.69) is 20.1 Å². The molecule has 0 aliphatic carbocycles. The van der Waals surface area contributed by atoms with E-state index in [9.17, 15) is 13.2 Å². The lowest BCUT2D eigenvalue weighted by Gasteiger charge is -2.35. The van der Waals surface area contributed by atoms with Crippen LogP contribution in [0.1, 0.15) is 11.1 Å². The normalized spacial score (nSPS) is 18.3. The molecule has 3 heterocycles. The van der Waals surface area contributed by atoms with Crippen LogP contribution in [0.5, 0.6) is 0 Å². The molecule has 0 unspecified atom stereocenters. The Hall–Kier alpha value is -2.53. The number of carbonyl (C=O) groups is 1. The van der Waals surface area contributed by atoms with Gasteiger partial charge in [-0.3, -0.25) is 9.69 Å². The fourth-order valence-electron chi connectivity index (χ4n) is 3.95. The lowest BCUT2D eigenvalue weighted by atomic mass is 10.1. The van der Waals surface area contributed by atoms with E-state index in [0.29, 0.717) is 39.4 Å². The average molecular weight is 474 g/mol. The Morgan fingerprint density at radius 1 is 1.00 bits per heavy atom. The maximum Gasteiger partial charge on any atom is 0.244 e. The van der Waals surface area contributed by atoms with Crippen molar-refractivity contribution in [1.29, 1.82) is 0 Å². The molecule has 0 spiro atoms. The van der Waals surface area contributed by atoms with Gasteiger partial charge in [-0.15, -0.1) is 0 Å². The van der Waals surface area contributed by atoms with E-state index < -0.39 is 10.0 Å². The Kier molecular flexibility index (Phi) is 7.59. The number of hydrogen-bond acceptors (Lipinski definition) is 7. The third kappa shape index (κ3) is 6.08. The van der Waals surface area contributed by atoms with Crippen LogP contribution in [0.25, 0.3) is 0 Å². The highest BCUT2D eigenvalue weighted by molar-refractivity contribution is 7.89. The number of benzene rings is 1. The van der Waals surface area contributed by atoms with Gasteiger partial charge in [-0.05, 0) is 24.6 Å². The van der Waals surface area contributed by atoms with Gasteiger partial charge < -0.3 is 15.0 Å². The molecule has 0 atom stereocenters. The summed E-state index contributed by atoms with van der Waals surface area (Å²) in [6, 6.07) is 11.5. The van der Waals surface area contributed by atoms with Crippen LogP contribution in [0.3, 0.4) is 0 Å². The van der Waals surface area contributed by atoms with Gasteiger partial charge in [0, 0.05) is 52.0 Å². The Morgan fingerprint density at radius 3 is 2.33 bits per heavy atom. The average Bonchev–Trinajstić information content (AvgIpc) is 2.85. The lowest BCUT2D eigenvalue weighted by Crippen LogP contribution is -2.49. The number of piperazine rings is 1. The number of morpholine rings is 1. The smallest absolute Gasteiger partial charge is 0.244 e. The number of carbonyl (C=O) groups excluding carboxylic acids is 1. The van der Waals surface area contributed by atoms with Crippen molar-refractivity contribution in [2.75, 3.05) is 63.9 Å². The molecule has 1 N–H and O–H groups in total. The van der Waals surface area contributed by atoms with Crippen molar-refractivity contribution in [3.05, 3.63) is 53.7 Å². The van der Waals surface area contributed by atoms with Crippen LogP contribution in [0.4, 0.5) is 5.82 Å². The SMILES string of the molecule is Cc1ccc(CNC(=O)CN2CCN(c3ccc(S(=O)(=O)N4CCOCC4)cn3)CC2)cc1. The van der Waals surface area contributed by atoms with Crippen molar-refractivity contribution in [3.63, 3.8) is 0 Å². The number of pyridine rings is 1. The zero-order valence-electron chi connectivity index (χ0n) is 18.9. The number of amides is 1. The van der Waals surface area contributed by atoms with Crippen LogP contribution < -0.4 is 10.2 Å². The molecule has 9 nitrogen and oxygen atoms in total. The van der Waals surface area contributed by atoms with Crippen LogP contribution in [0, 0.1) is 6.92 Å². The highest BCUT2D eigenvalue weighted by atomic mass is 32.2. The van der Waals surface area contributed by atoms with Gasteiger partial charge >= 0.3 is 0 Å². The molecule has 2 fully saturated rings. The lowest BCUT2D eigenvalue weighted by molar-refractivity contribution is -0.122. The second kappa shape index (κ2) is 10.6. The summed E-state index contributed by atoms with van der Waals surface area (Å²) in [7, 11) is -3.54. The quantitative estimate of drug-likeness (QED) is 0.637. The number of hydrogen-bond donors (Lipinski definition) is 1. The predicted octanol–water partition coefficient (Wildman–Crippen LogP) is 0.849. The summed E-state index contributed by atoms with van der Waals surface area (Å²) in [6.07, 6.45) is 1.44. The molecule has 0 saturated carbocycles. The monoisotopic (exact) mass is 473 g/mol. The number of anilines is 1. The van der Waals surface area contributed by atoms with Gasteiger partial charge in [0.25, 0.3) is 0 Å². The molecule has 2 saturated heterocycles. The van der Waals surface area contributed by atoms with E-state index >= 15 is 0 Å². The van der Waals surface area contributed by atoms with Crippen LogP contribution >= 0.6 is 0 Å². The molecule has 0 radical (unpaired) electrons. The summed E-state index contributed by atoms with van der Waals surface area (Å²) in [5, 5.41) is 2.98. The minimum absolute atomic E-state index is 0.0137. The highest BCUT2D eigenvalue weighted by Crippen LogP contribution is 2.20. The fourth-order valence-corrected chi connectivity index (χ4v) is 5.30. The molecule has 33 heavy (non-hydrogen) atoms. The van der Waals surface area contributed by atoms with Gasteiger partial charge in [-0.1, -0.05) is 29.8 Å². The van der Waals surface area contributed by atoms with E-state index in [1.54, 1.807) is 12.1 Å². The molecule has 1 aromatic carbocycles. The Labute approximate surface area is 195 Å². The van der Waals surface area contributed by atoms with Gasteiger partial charge in [-0.2, -0.15) is 4.31 Å². The largest absolute Gasteiger partial charge is 0.379 e. The molecule has 2 aromatic rings. The predicted molar refractivity (Wildman–Crippen MR) is 125 cm³/mol. The second-order valence-corrected chi connectivity index (χ2v) is 10.3. The minimum atomic E-state index is -3.54. The van der Waals surface area contributed by atoms with Gasteiger partial charge in [-0.25, -0.2) is 13.4 Å². The van der Waals surface area contributed by atoms with Crippen molar-refractivity contribution >= 4 is 21.7 Å². The molecular weight excluding hydrogens is 442 g/mol. The number of aromatic nitrogens is 1. The third-order valence-electron chi connectivity index (χ3n) is 6.00. The van der Waals surface area contributed by atoms with E-state index in [0.717, 1.165) is 37.6 Å². The zero-order valence-corrected chi connectivity index (χ0v) is 19.8. The molecule has 178 valence electrons. The van der Waals surface area contributed by atoms with Crippen LogP contribution in [-0.4, -0.2) is 87.5 Å². The van der Waals surface area contributed by atoms with Crippen molar-refractivity contribution in [2.24, 2.45) is 0 Å². The van der Waals surface area contributed by atoms with E-state index in [1.807, 2.05) is 31.2 Å². The van der Waals surface area contributed by atoms with E-state index in [-0.39, 0.29) is 10.8 Å². The maximum atomic E-state index is 12.8. The minimum Gasteiger partial charge on any atom is -0.379 e. The summed E-state index contributed by atoms with van der Waals surface area (Å²) in [6.45, 7) is 7.45. The summed E-state index contributed by atoms with van der Waals surface area (Å²) < 4.78 is 32.2. The number of nitrogens with one attached hydrogen (secondary N) is 1. The number of sulfonamides is 1. The number of aryl methyl sites for hydroxylation is 1. The number of rotatable bonds is 7.